The van der Waals surface area contributed by atoms with Crippen molar-refractivity contribution in [2.45, 2.75) is 48.1 Å². The third-order valence-electron chi connectivity index (χ3n) is 4.38. The third-order valence-corrected chi connectivity index (χ3v) is 5.23. The van der Waals surface area contributed by atoms with Crippen LogP contribution in [0.5, 0.6) is 0 Å². The molecule has 0 aliphatic carbocycles. The molecule has 0 aliphatic rings. The maximum absolute atomic E-state index is 13.9. The van der Waals surface area contributed by atoms with Crippen LogP contribution < -0.4 is 5.32 Å². The van der Waals surface area contributed by atoms with Gasteiger partial charge in [-0.1, -0.05) is 18.2 Å². The van der Waals surface area contributed by atoms with Crippen LogP contribution in [0.1, 0.15) is 16.8 Å². The maximum Gasteiger partial charge on any atom is 0.460 e. The highest BCUT2D eigenvalue weighted by molar-refractivity contribution is 14.1. The van der Waals surface area contributed by atoms with E-state index in [0.717, 1.165) is 22.6 Å². The van der Waals surface area contributed by atoms with Crippen molar-refractivity contribution in [3.8, 4) is 0 Å². The van der Waals surface area contributed by atoms with E-state index in [0.29, 0.717) is 0 Å². The molecular weight excluding hydrogens is 658 g/mol. The van der Waals surface area contributed by atoms with Crippen molar-refractivity contribution in [2.75, 3.05) is 6.54 Å². The van der Waals surface area contributed by atoms with Gasteiger partial charge in [-0.15, -0.1) is 0 Å². The van der Waals surface area contributed by atoms with Gasteiger partial charge in [0.25, 0.3) is 5.91 Å². The minimum atomic E-state index is -8.32. The quantitative estimate of drug-likeness (QED) is 0.203. The number of carbonyl (C=O) groups is 1. The number of nitrogens with one attached hydrogen (secondary N) is 1. The Hall–Kier alpha value is -1.89. The predicted octanol–water partition coefficient (Wildman–Crippen LogP) is 7.50. The molecule has 0 aromatic heterocycles. The van der Waals surface area contributed by atoms with E-state index in [-0.39, 0.29) is 5.56 Å². The van der Waals surface area contributed by atoms with E-state index in [9.17, 15) is 70.7 Å². The number of hydrogen-bond acceptors (Lipinski definition) is 1. The zero-order valence-corrected chi connectivity index (χ0v) is 19.0. The molecule has 0 radical (unpaired) electrons. The number of carbonyl (C=O) groups excluding carboxylic acids is 1. The Labute approximate surface area is 205 Å². The van der Waals surface area contributed by atoms with E-state index in [1.165, 1.54) is 30.3 Å². The molecule has 206 valence electrons. The first-order valence-electron chi connectivity index (χ1n) is 8.92. The lowest BCUT2D eigenvalue weighted by molar-refractivity contribution is -0.449. The van der Waals surface area contributed by atoms with Gasteiger partial charge >= 0.3 is 41.7 Å². The summed E-state index contributed by atoms with van der Waals surface area (Å²) >= 11 is 0.804. The summed E-state index contributed by atoms with van der Waals surface area (Å²) < 4.78 is 197. The summed E-state index contributed by atoms with van der Waals surface area (Å²) in [6.07, 6.45) is -9.57. The molecule has 1 rings (SSSR count). The predicted molar refractivity (Wildman–Crippen MR) is 101 cm³/mol. The van der Waals surface area contributed by atoms with Crippen LogP contribution in [0, 0.1) is 0 Å². The van der Waals surface area contributed by atoms with E-state index >= 15 is 0 Å². The van der Waals surface area contributed by atoms with Crippen molar-refractivity contribution in [1.29, 1.82) is 0 Å². The van der Waals surface area contributed by atoms with Gasteiger partial charge in [-0.2, -0.15) is 65.9 Å². The van der Waals surface area contributed by atoms with Crippen LogP contribution in [0.4, 0.5) is 65.9 Å². The number of amides is 1. The summed E-state index contributed by atoms with van der Waals surface area (Å²) in [7, 11) is 0. The molecule has 18 heteroatoms. The second-order valence-electron chi connectivity index (χ2n) is 6.96. The van der Waals surface area contributed by atoms with E-state index in [1.54, 1.807) is 0 Å². The monoisotopic (exact) mass is 669 g/mol. The van der Waals surface area contributed by atoms with Crippen LogP contribution in [-0.2, 0) is 0 Å². The molecule has 0 fully saturated rings. The Kier molecular flexibility index (Phi) is 9.03. The van der Waals surface area contributed by atoms with Gasteiger partial charge in [0.1, 0.15) is 0 Å². The fraction of sp³-hybridized carbons (Fsp3) is 0.500. The molecule has 0 unspecified atom stereocenters. The van der Waals surface area contributed by atoms with Crippen LogP contribution in [0.3, 0.4) is 0 Å². The van der Waals surface area contributed by atoms with Gasteiger partial charge in [-0.3, -0.25) is 4.79 Å². The zero-order valence-electron chi connectivity index (χ0n) is 16.8. The molecule has 1 N–H and O–H groups in total. The molecule has 0 saturated carbocycles. The highest BCUT2D eigenvalue weighted by atomic mass is 127. The lowest BCUT2D eigenvalue weighted by Crippen LogP contribution is -2.72. The van der Waals surface area contributed by atoms with Crippen molar-refractivity contribution in [3.63, 3.8) is 0 Å². The summed E-state index contributed by atoms with van der Waals surface area (Å²) in [6, 6.07) is 6.96. The van der Waals surface area contributed by atoms with Gasteiger partial charge in [-0.25, -0.2) is 0 Å². The molecule has 0 heterocycles. The maximum atomic E-state index is 13.9. The summed E-state index contributed by atoms with van der Waals surface area (Å²) in [5.74, 6) is -47.6. The van der Waals surface area contributed by atoms with Crippen molar-refractivity contribution >= 4 is 28.5 Å². The number of rotatable bonds is 10. The highest BCUT2D eigenvalue weighted by Gasteiger charge is 2.93. The van der Waals surface area contributed by atoms with Crippen LogP contribution >= 0.6 is 22.6 Å². The largest absolute Gasteiger partial charge is 0.460 e. The van der Waals surface area contributed by atoms with Gasteiger partial charge in [0, 0.05) is 18.2 Å². The molecule has 0 spiro atoms. The van der Waals surface area contributed by atoms with Crippen molar-refractivity contribution < 1.29 is 70.7 Å². The summed E-state index contributed by atoms with van der Waals surface area (Å²) in [6.45, 7) is -0.618. The summed E-state index contributed by atoms with van der Waals surface area (Å²) in [5.41, 5.74) is 0.0480. The van der Waals surface area contributed by atoms with E-state index in [1.807, 2.05) is 0 Å². The van der Waals surface area contributed by atoms with Crippen LogP contribution in [0.2, 0.25) is 0 Å². The molecule has 0 bridgehead atoms. The summed E-state index contributed by atoms with van der Waals surface area (Å²) in [5, 5.41) is 2.09. The highest BCUT2D eigenvalue weighted by Crippen LogP contribution is 2.62. The first-order chi connectivity index (χ1) is 15.9. The molecule has 1 aromatic rings. The Balaban J connectivity index is 3.20. The molecular formula is C18H11F15INO. The second kappa shape index (κ2) is 10.1. The van der Waals surface area contributed by atoms with Crippen LogP contribution in [0.25, 0.3) is 0 Å². The first-order valence-corrected chi connectivity index (χ1v) is 10.0. The molecule has 0 aliphatic heterocycles. The van der Waals surface area contributed by atoms with Gasteiger partial charge in [0.15, 0.2) is 0 Å². The average molecular weight is 669 g/mol. The van der Waals surface area contributed by atoms with Crippen molar-refractivity contribution in [3.05, 3.63) is 45.6 Å². The molecule has 2 nitrogen and oxygen atoms in total. The Morgan fingerprint density at radius 3 is 1.56 bits per heavy atom. The minimum Gasteiger partial charge on any atom is -0.352 e. The Morgan fingerprint density at radius 2 is 1.11 bits per heavy atom. The Morgan fingerprint density at radius 1 is 0.694 bits per heavy atom. The third kappa shape index (κ3) is 5.51. The molecule has 0 atom stereocenters. The number of benzene rings is 1. The fourth-order valence-electron chi connectivity index (χ4n) is 2.33. The van der Waals surface area contributed by atoms with Gasteiger partial charge in [0.05, 0.1) is 0 Å². The van der Waals surface area contributed by atoms with Gasteiger partial charge in [0.2, 0.25) is 0 Å². The SMILES string of the molecule is O=C(NCCC(I)=CC(F)(F)C(F)(F)C(F)(F)C(F)(F)C(F)(F)C(F)(F)C(F)(F)F)c1ccccc1. The van der Waals surface area contributed by atoms with Gasteiger partial charge < -0.3 is 5.32 Å². The van der Waals surface area contributed by atoms with Crippen LogP contribution in [-0.4, -0.2) is 54.2 Å². The number of alkyl halides is 15. The molecule has 36 heavy (non-hydrogen) atoms. The second-order valence-corrected chi connectivity index (χ2v) is 8.34. The van der Waals surface area contributed by atoms with Gasteiger partial charge in [-0.05, 0) is 44.7 Å². The first kappa shape index (κ1) is 32.1. The lowest BCUT2D eigenvalue weighted by Gasteiger charge is -2.41. The number of halogens is 16. The fourth-order valence-corrected chi connectivity index (χ4v) is 2.99. The van der Waals surface area contributed by atoms with Crippen molar-refractivity contribution in [1.82, 2.24) is 5.32 Å². The van der Waals surface area contributed by atoms with Crippen molar-refractivity contribution in [2.24, 2.45) is 0 Å². The lowest BCUT2D eigenvalue weighted by atomic mass is 9.91. The molecule has 0 saturated heterocycles. The van der Waals surface area contributed by atoms with Crippen LogP contribution in [0.15, 0.2) is 40.0 Å². The Bertz CT molecular complexity index is 957. The standard InChI is InChI=1S/C18H11F15INO/c19-12(20,8-10(34)6-7-35-11(36)9-4-2-1-3-5-9)13(21,22)14(23,24)15(25,26)16(27,28)17(29,30)18(31,32)33/h1-5,8H,6-7H2,(H,35,36). The smallest absolute Gasteiger partial charge is 0.352 e. The normalized spacial score (nSPS) is 15.2. The van der Waals surface area contributed by atoms with E-state index in [2.05, 4.69) is 5.32 Å². The van der Waals surface area contributed by atoms with E-state index < -0.39 is 70.2 Å². The average Bonchev–Trinajstić information content (AvgIpc) is 2.72. The molecule has 1 aromatic carbocycles. The number of hydrogen-bond donors (Lipinski definition) is 1. The molecule has 1 amide bonds. The zero-order chi connectivity index (χ0) is 28.6. The topological polar surface area (TPSA) is 29.1 Å². The summed E-state index contributed by atoms with van der Waals surface area (Å²) in [4.78, 5) is 11.8. The number of allylic oxidation sites excluding steroid dienone is 1. The minimum absolute atomic E-state index is 0.0480. The van der Waals surface area contributed by atoms with E-state index in [4.69, 9.17) is 0 Å².